The van der Waals surface area contributed by atoms with E-state index in [1.165, 1.54) is 22.3 Å². The molecule has 2 aromatic heterocycles. The number of phenolic OH excluding ortho intramolecular Hbond substituents is 1. The zero-order chi connectivity index (χ0) is 46.8. The fraction of sp³-hybridized carbons (Fsp3) is 0.172. The highest BCUT2D eigenvalue weighted by atomic mass is 16.3. The molecular formula is C58H53N3O. The van der Waals surface area contributed by atoms with Crippen LogP contribution in [-0.2, 0) is 10.8 Å². The summed E-state index contributed by atoms with van der Waals surface area (Å²) in [5.41, 5.74) is 15.4. The number of nitrogens with zero attached hydrogens (tertiary/aromatic N) is 3. The van der Waals surface area contributed by atoms with Gasteiger partial charge in [0.1, 0.15) is 11.6 Å². The van der Waals surface area contributed by atoms with Crippen LogP contribution in [0.3, 0.4) is 0 Å². The van der Waals surface area contributed by atoms with Gasteiger partial charge in [-0.1, -0.05) is 156 Å². The van der Waals surface area contributed by atoms with Crippen LogP contribution in [0.4, 0.5) is 0 Å². The minimum Gasteiger partial charge on any atom is -0.507 e. The van der Waals surface area contributed by atoms with Gasteiger partial charge in [0.2, 0.25) is 0 Å². The summed E-state index contributed by atoms with van der Waals surface area (Å²) in [6, 6.07) is 47.2. The van der Waals surface area contributed by atoms with E-state index in [9.17, 15) is 5.11 Å². The van der Waals surface area contributed by atoms with Gasteiger partial charge in [-0.3, -0.25) is 9.55 Å². The summed E-state index contributed by atoms with van der Waals surface area (Å²) in [5.74, 6) is 0.751. The number of fused-ring (bicyclic) bond motifs is 1. The maximum Gasteiger partial charge on any atom is 0.149 e. The molecule has 0 radical (unpaired) electrons. The van der Waals surface area contributed by atoms with Crippen molar-refractivity contribution in [2.45, 2.75) is 66.2 Å². The summed E-state index contributed by atoms with van der Waals surface area (Å²) in [7, 11) is 0. The van der Waals surface area contributed by atoms with E-state index in [1.54, 1.807) is 25.3 Å². The molecule has 0 saturated heterocycles. The first-order chi connectivity index (χ1) is 31.4. The van der Waals surface area contributed by atoms with E-state index in [2.05, 4.69) is 156 Å². The molecule has 0 saturated carbocycles. The molecule has 0 aliphatic carbocycles. The lowest BCUT2D eigenvalue weighted by atomic mass is 9.78. The third-order valence-electron chi connectivity index (χ3n) is 11.7. The van der Waals surface area contributed by atoms with Crippen molar-refractivity contribution in [3.8, 4) is 78.6 Å². The number of pyridine rings is 1. The van der Waals surface area contributed by atoms with Crippen LogP contribution >= 0.6 is 0 Å². The van der Waals surface area contributed by atoms with Crippen LogP contribution in [0.15, 0.2) is 170 Å². The van der Waals surface area contributed by atoms with Crippen molar-refractivity contribution in [2.75, 3.05) is 0 Å². The minimum absolute atomic E-state index is 0.0497. The Balaban J connectivity index is 1.25. The lowest BCUT2D eigenvalue weighted by Gasteiger charge is -2.26. The molecule has 0 unspecified atom stereocenters. The van der Waals surface area contributed by atoms with E-state index in [4.69, 9.17) is 15.5 Å². The quantitative estimate of drug-likeness (QED) is 0.174. The van der Waals surface area contributed by atoms with E-state index < -0.39 is 0 Å². The fourth-order valence-electron chi connectivity index (χ4n) is 8.46. The first-order valence-corrected chi connectivity index (χ1v) is 21.2. The molecule has 62 heavy (non-hydrogen) atoms. The fourth-order valence-corrected chi connectivity index (χ4v) is 8.46. The monoisotopic (exact) mass is 811 g/mol. The normalized spacial score (nSPS) is 12.8. The largest absolute Gasteiger partial charge is 0.507 e. The molecule has 9 aromatic rings. The highest BCUT2D eigenvalue weighted by Crippen LogP contribution is 2.44. The van der Waals surface area contributed by atoms with Gasteiger partial charge in [0.15, 0.2) is 0 Å². The van der Waals surface area contributed by atoms with Crippen LogP contribution in [0, 0.1) is 13.8 Å². The van der Waals surface area contributed by atoms with Crippen molar-refractivity contribution in [1.82, 2.24) is 14.5 Å². The van der Waals surface area contributed by atoms with Gasteiger partial charge in [0, 0.05) is 17.3 Å². The number of aryl methyl sites for hydroxylation is 1. The third-order valence-corrected chi connectivity index (χ3v) is 11.7. The summed E-state index contributed by atoms with van der Waals surface area (Å²) >= 11 is 0. The Labute approximate surface area is 371 Å². The predicted octanol–water partition coefficient (Wildman–Crippen LogP) is 15.3. The highest BCUT2D eigenvalue weighted by molar-refractivity contribution is 5.97. The van der Waals surface area contributed by atoms with Gasteiger partial charge in [0.05, 0.1) is 33.5 Å². The lowest BCUT2D eigenvalue weighted by Crippen LogP contribution is -2.13. The summed E-state index contributed by atoms with van der Waals surface area (Å²) in [5, 5.41) is 11.4. The Morgan fingerprint density at radius 3 is 1.97 bits per heavy atom. The summed E-state index contributed by atoms with van der Waals surface area (Å²) < 4.78 is 36.7. The smallest absolute Gasteiger partial charge is 0.149 e. The number of rotatable bonds is 7. The molecule has 4 nitrogen and oxygen atoms in total. The van der Waals surface area contributed by atoms with Gasteiger partial charge in [-0.2, -0.15) is 0 Å². The number of aromatic nitrogens is 3. The second-order valence-corrected chi connectivity index (χ2v) is 18.3. The Morgan fingerprint density at radius 1 is 0.548 bits per heavy atom. The summed E-state index contributed by atoms with van der Waals surface area (Å²) in [6.45, 7) is 17.1. The maximum absolute atomic E-state index is 11.4. The Hall–Kier alpha value is -7.04. The van der Waals surface area contributed by atoms with E-state index >= 15 is 0 Å². The molecule has 9 rings (SSSR count). The molecule has 0 fully saturated rings. The number of aromatic hydroxyl groups is 1. The van der Waals surface area contributed by atoms with E-state index in [1.807, 2.05) is 24.3 Å². The zero-order valence-corrected chi connectivity index (χ0v) is 36.6. The zero-order valence-electron chi connectivity index (χ0n) is 40.6. The summed E-state index contributed by atoms with van der Waals surface area (Å²) in [4.78, 5) is 10.2. The summed E-state index contributed by atoms with van der Waals surface area (Å²) in [6.07, 6.45) is 1.67. The van der Waals surface area contributed by atoms with Crippen molar-refractivity contribution >= 4 is 11.0 Å². The first kappa shape index (κ1) is 35.7. The van der Waals surface area contributed by atoms with E-state index in [0.717, 1.165) is 50.1 Å². The van der Waals surface area contributed by atoms with Crippen molar-refractivity contribution in [1.29, 1.82) is 0 Å². The molecule has 0 bridgehead atoms. The van der Waals surface area contributed by atoms with Crippen LogP contribution in [0.1, 0.15) is 69.3 Å². The molecule has 0 aliphatic rings. The van der Waals surface area contributed by atoms with Gasteiger partial charge >= 0.3 is 0 Å². The Morgan fingerprint density at radius 2 is 1.24 bits per heavy atom. The van der Waals surface area contributed by atoms with Crippen molar-refractivity contribution < 1.29 is 10.6 Å². The number of para-hydroxylation sites is 2. The molecule has 0 aliphatic heterocycles. The van der Waals surface area contributed by atoms with Gasteiger partial charge in [-0.15, -0.1) is 0 Å². The maximum atomic E-state index is 11.4. The van der Waals surface area contributed by atoms with Gasteiger partial charge in [-0.25, -0.2) is 4.98 Å². The van der Waals surface area contributed by atoms with Crippen LogP contribution in [0.2, 0.25) is 0 Å². The Bertz CT molecular complexity index is 3330. The van der Waals surface area contributed by atoms with Crippen molar-refractivity contribution in [3.63, 3.8) is 0 Å². The molecule has 0 spiro atoms. The molecule has 1 N–H and O–H groups in total. The van der Waals surface area contributed by atoms with Crippen LogP contribution in [0.25, 0.3) is 83.9 Å². The van der Waals surface area contributed by atoms with E-state index in [-0.39, 0.29) is 46.3 Å². The first-order valence-electron chi connectivity index (χ1n) is 23.2. The number of imidazole rings is 1. The Kier molecular flexibility index (Phi) is 9.08. The average molecular weight is 812 g/mol. The minimum atomic E-state index is -0.249. The molecule has 7 aromatic carbocycles. The van der Waals surface area contributed by atoms with Crippen molar-refractivity contribution in [2.24, 2.45) is 0 Å². The van der Waals surface area contributed by atoms with Crippen molar-refractivity contribution in [3.05, 3.63) is 192 Å². The number of benzene rings is 7. The second kappa shape index (κ2) is 15.8. The molecular weight excluding hydrogens is 755 g/mol. The molecule has 0 atom stereocenters. The highest BCUT2D eigenvalue weighted by Gasteiger charge is 2.25. The number of hydrogen-bond acceptors (Lipinski definition) is 3. The van der Waals surface area contributed by atoms with Crippen LogP contribution in [0.5, 0.6) is 5.75 Å². The average Bonchev–Trinajstić information content (AvgIpc) is 3.69. The topological polar surface area (TPSA) is 50.9 Å². The lowest BCUT2D eigenvalue weighted by molar-refractivity contribution is 0.477. The van der Waals surface area contributed by atoms with Gasteiger partial charge < -0.3 is 5.11 Å². The molecule has 306 valence electrons. The third kappa shape index (κ3) is 7.62. The van der Waals surface area contributed by atoms with Crippen LogP contribution in [-0.4, -0.2) is 19.6 Å². The second-order valence-electron chi connectivity index (χ2n) is 18.3. The SMILES string of the molecule is [2H]c1c([2H])c(-c2ccnc(-c3cc(-c4cccc5c4nc(-c4ccccc4O)n5-c4ccc(-c5c(-c6ccccc6)cccc5C(C)(C)C)cc4C)cc(C(C)(C)C)c3)c2)c([2H])c([2H])c1C. The van der Waals surface area contributed by atoms with Gasteiger partial charge in [0.25, 0.3) is 0 Å². The molecule has 4 heteroatoms. The predicted molar refractivity (Wildman–Crippen MR) is 260 cm³/mol. The number of hydrogen-bond donors (Lipinski definition) is 1. The number of phenols is 1. The molecule has 0 amide bonds. The van der Waals surface area contributed by atoms with Crippen LogP contribution < -0.4 is 0 Å². The van der Waals surface area contributed by atoms with Gasteiger partial charge in [-0.05, 0) is 135 Å². The van der Waals surface area contributed by atoms with E-state index in [0.29, 0.717) is 28.2 Å². The standard InChI is InChI=1S/C58H53N3O/c1-37-24-26-39(27-25-37)41-30-31-59-50(36-41)44-33-43(34-45(35-44)57(3,4)5)47-20-15-22-52-55(47)60-56(48-18-12-13-23-53(48)62)61(52)51-29-28-42(32-38(51)2)54-46(40-16-10-9-11-17-40)19-14-21-49(54)58(6,7)8/h9-36,62H,1-8H3/i24D,25D,26D,27D. The molecule has 2 heterocycles.